The first-order valence-electron chi connectivity index (χ1n) is 6.27. The molecule has 0 saturated carbocycles. The van der Waals surface area contributed by atoms with Gasteiger partial charge in [-0.2, -0.15) is 0 Å². The van der Waals surface area contributed by atoms with Crippen molar-refractivity contribution < 1.29 is 5.11 Å². The van der Waals surface area contributed by atoms with Crippen LogP contribution in [0.1, 0.15) is 39.7 Å². The summed E-state index contributed by atoms with van der Waals surface area (Å²) in [5, 5.41) is 13.0. The Balaban J connectivity index is 2.97. The highest BCUT2D eigenvalue weighted by molar-refractivity contribution is 6.30. The third-order valence-electron chi connectivity index (χ3n) is 3.02. The number of aliphatic hydroxyl groups excluding tert-OH is 1. The van der Waals surface area contributed by atoms with E-state index in [4.69, 9.17) is 16.7 Å². The van der Waals surface area contributed by atoms with Gasteiger partial charge in [0.2, 0.25) is 0 Å². The minimum atomic E-state index is 0.0329. The summed E-state index contributed by atoms with van der Waals surface area (Å²) in [7, 11) is 0. The quantitative estimate of drug-likeness (QED) is 0.809. The molecule has 102 valence electrons. The summed E-state index contributed by atoms with van der Waals surface area (Å²) in [6.07, 6.45) is 2.91. The van der Waals surface area contributed by atoms with Crippen molar-refractivity contribution in [3.8, 4) is 0 Å². The Hall–Kier alpha value is -0.870. The molecule has 0 radical (unpaired) electrons. The minimum absolute atomic E-state index is 0.0329. The van der Waals surface area contributed by atoms with Gasteiger partial charge in [-0.05, 0) is 18.3 Å². The van der Waals surface area contributed by atoms with E-state index in [1.807, 2.05) is 6.92 Å². The fourth-order valence-electron chi connectivity index (χ4n) is 1.84. The smallest absolute Gasteiger partial charge is 0.137 e. The summed E-state index contributed by atoms with van der Waals surface area (Å²) in [6.45, 7) is 8.57. The van der Waals surface area contributed by atoms with Gasteiger partial charge in [-0.1, -0.05) is 39.3 Å². The zero-order valence-electron chi connectivity index (χ0n) is 11.5. The molecule has 1 atom stereocenters. The maximum atomic E-state index is 9.16. The van der Waals surface area contributed by atoms with Crippen LogP contribution in [0.15, 0.2) is 6.33 Å². The molecule has 0 aliphatic heterocycles. The van der Waals surface area contributed by atoms with Gasteiger partial charge in [0.15, 0.2) is 0 Å². The number of anilines is 1. The van der Waals surface area contributed by atoms with Crippen molar-refractivity contribution in [3.63, 3.8) is 0 Å². The molecule has 1 aromatic heterocycles. The van der Waals surface area contributed by atoms with Gasteiger partial charge in [0.25, 0.3) is 0 Å². The van der Waals surface area contributed by atoms with E-state index >= 15 is 0 Å². The summed E-state index contributed by atoms with van der Waals surface area (Å²) in [4.78, 5) is 8.25. The molecule has 2 N–H and O–H groups in total. The minimum Gasteiger partial charge on any atom is -0.396 e. The summed E-state index contributed by atoms with van der Waals surface area (Å²) >= 11 is 6.06. The second-order valence-electron chi connectivity index (χ2n) is 5.42. The maximum Gasteiger partial charge on any atom is 0.137 e. The van der Waals surface area contributed by atoms with Crippen LogP contribution in [0, 0.1) is 5.41 Å². The van der Waals surface area contributed by atoms with E-state index in [9.17, 15) is 0 Å². The Morgan fingerprint density at radius 3 is 2.56 bits per heavy atom. The van der Waals surface area contributed by atoms with E-state index in [2.05, 4.69) is 36.1 Å². The number of rotatable bonds is 5. The Morgan fingerprint density at radius 1 is 1.39 bits per heavy atom. The second-order valence-corrected chi connectivity index (χ2v) is 5.78. The number of hydrogen-bond donors (Lipinski definition) is 2. The Morgan fingerprint density at radius 2 is 2.06 bits per heavy atom. The number of nitrogens with zero attached hydrogens (tertiary/aromatic N) is 2. The molecular weight excluding hydrogens is 250 g/mol. The molecule has 5 heteroatoms. The lowest BCUT2D eigenvalue weighted by atomic mass is 9.85. The molecule has 0 bridgehead atoms. The Labute approximate surface area is 114 Å². The first kappa shape index (κ1) is 15.2. The fraction of sp³-hybridized carbons (Fsp3) is 0.692. The van der Waals surface area contributed by atoms with Crippen molar-refractivity contribution in [3.05, 3.63) is 17.0 Å². The van der Waals surface area contributed by atoms with E-state index in [0.717, 1.165) is 17.8 Å². The molecule has 0 aliphatic carbocycles. The van der Waals surface area contributed by atoms with Crippen molar-refractivity contribution in [2.75, 3.05) is 11.9 Å². The lowest BCUT2D eigenvalue weighted by Crippen LogP contribution is -2.35. The SMILES string of the molecule is CCc1c(Cl)ncnc1NC(CCO)C(C)(C)C. The third kappa shape index (κ3) is 3.82. The standard InChI is InChI=1S/C13H22ClN3O/c1-5-9-11(14)15-8-16-12(9)17-10(6-7-18)13(2,3)4/h8,10,18H,5-7H2,1-4H3,(H,15,16,17). The topological polar surface area (TPSA) is 58.0 Å². The molecule has 1 heterocycles. The monoisotopic (exact) mass is 271 g/mol. The van der Waals surface area contributed by atoms with Crippen molar-refractivity contribution in [2.45, 2.75) is 46.6 Å². The zero-order chi connectivity index (χ0) is 13.8. The van der Waals surface area contributed by atoms with Crippen molar-refractivity contribution in [2.24, 2.45) is 5.41 Å². The summed E-state index contributed by atoms with van der Waals surface area (Å²) in [5.41, 5.74) is 0.955. The van der Waals surface area contributed by atoms with Crippen LogP contribution >= 0.6 is 11.6 Å². The normalized spacial score (nSPS) is 13.4. The number of hydrogen-bond acceptors (Lipinski definition) is 4. The van der Waals surface area contributed by atoms with Gasteiger partial charge >= 0.3 is 0 Å². The summed E-state index contributed by atoms with van der Waals surface area (Å²) in [5.74, 6) is 0.769. The van der Waals surface area contributed by atoms with Gasteiger partial charge in [0.05, 0.1) is 0 Å². The van der Waals surface area contributed by atoms with Crippen molar-refractivity contribution in [1.29, 1.82) is 0 Å². The van der Waals surface area contributed by atoms with Gasteiger partial charge < -0.3 is 10.4 Å². The number of aromatic nitrogens is 2. The molecule has 4 nitrogen and oxygen atoms in total. The Bertz CT molecular complexity index is 390. The summed E-state index contributed by atoms with van der Waals surface area (Å²) in [6, 6.07) is 0.138. The first-order chi connectivity index (χ1) is 8.40. The van der Waals surface area contributed by atoms with E-state index in [1.54, 1.807) is 0 Å². The molecule has 1 rings (SSSR count). The van der Waals surface area contributed by atoms with E-state index in [1.165, 1.54) is 6.33 Å². The lowest BCUT2D eigenvalue weighted by Gasteiger charge is -2.32. The molecular formula is C13H22ClN3O. The number of nitrogens with one attached hydrogen (secondary N) is 1. The van der Waals surface area contributed by atoms with Crippen LogP contribution in [0.3, 0.4) is 0 Å². The second kappa shape index (κ2) is 6.34. The lowest BCUT2D eigenvalue weighted by molar-refractivity contribution is 0.235. The van der Waals surface area contributed by atoms with Gasteiger partial charge in [-0.15, -0.1) is 0 Å². The van der Waals surface area contributed by atoms with Gasteiger partial charge in [-0.25, -0.2) is 9.97 Å². The molecule has 1 unspecified atom stereocenters. The average Bonchev–Trinajstić information content (AvgIpc) is 2.27. The van der Waals surface area contributed by atoms with Gasteiger partial charge in [-0.3, -0.25) is 0 Å². The highest BCUT2D eigenvalue weighted by atomic mass is 35.5. The van der Waals surface area contributed by atoms with Crippen LogP contribution in [0.4, 0.5) is 5.82 Å². The van der Waals surface area contributed by atoms with Crippen LogP contribution in [0.5, 0.6) is 0 Å². The fourth-order valence-corrected chi connectivity index (χ4v) is 2.11. The van der Waals surface area contributed by atoms with Crippen molar-refractivity contribution >= 4 is 17.4 Å². The van der Waals surface area contributed by atoms with Crippen LogP contribution in [-0.4, -0.2) is 27.7 Å². The first-order valence-corrected chi connectivity index (χ1v) is 6.64. The molecule has 0 aliphatic rings. The molecule has 0 fully saturated rings. The van der Waals surface area contributed by atoms with E-state index in [0.29, 0.717) is 11.6 Å². The maximum absolute atomic E-state index is 9.16. The molecule has 0 amide bonds. The van der Waals surface area contributed by atoms with Crippen LogP contribution in [0.25, 0.3) is 0 Å². The van der Waals surface area contributed by atoms with E-state index < -0.39 is 0 Å². The van der Waals surface area contributed by atoms with Crippen LogP contribution in [-0.2, 0) is 6.42 Å². The molecule has 0 saturated heterocycles. The zero-order valence-corrected chi connectivity index (χ0v) is 12.3. The molecule has 18 heavy (non-hydrogen) atoms. The predicted molar refractivity (Wildman–Crippen MR) is 75.0 cm³/mol. The Kier molecular flexibility index (Phi) is 5.35. The predicted octanol–water partition coefficient (Wildman–Crippen LogP) is 2.90. The van der Waals surface area contributed by atoms with Gasteiger partial charge in [0.1, 0.15) is 17.3 Å². The number of halogens is 1. The van der Waals surface area contributed by atoms with Crippen LogP contribution < -0.4 is 5.32 Å². The van der Waals surface area contributed by atoms with E-state index in [-0.39, 0.29) is 18.1 Å². The summed E-state index contributed by atoms with van der Waals surface area (Å²) < 4.78 is 0. The number of aliphatic hydroxyl groups is 1. The third-order valence-corrected chi connectivity index (χ3v) is 3.35. The van der Waals surface area contributed by atoms with Gasteiger partial charge in [0, 0.05) is 18.2 Å². The largest absolute Gasteiger partial charge is 0.396 e. The highest BCUT2D eigenvalue weighted by Crippen LogP contribution is 2.28. The molecule has 1 aromatic rings. The van der Waals surface area contributed by atoms with Crippen LogP contribution in [0.2, 0.25) is 5.15 Å². The van der Waals surface area contributed by atoms with Crippen molar-refractivity contribution in [1.82, 2.24) is 9.97 Å². The highest BCUT2D eigenvalue weighted by Gasteiger charge is 2.25. The average molecular weight is 272 g/mol. The molecule has 0 aromatic carbocycles. The molecule has 0 spiro atoms.